The van der Waals surface area contributed by atoms with E-state index in [1.165, 1.54) is 0 Å². The first-order valence-corrected chi connectivity index (χ1v) is 5.64. The molecule has 0 saturated heterocycles. The molecule has 1 aromatic heterocycles. The van der Waals surface area contributed by atoms with Crippen LogP contribution >= 0.6 is 11.6 Å². The van der Waals surface area contributed by atoms with Crippen LogP contribution in [0.3, 0.4) is 0 Å². The van der Waals surface area contributed by atoms with Gasteiger partial charge in [-0.2, -0.15) is 0 Å². The molecule has 0 radical (unpaired) electrons. The largest absolute Gasteiger partial charge is 0.457 e. The number of aryl methyl sites for hydroxylation is 1. The van der Waals surface area contributed by atoms with Gasteiger partial charge in [0.25, 0.3) is 0 Å². The predicted molar refractivity (Wildman–Crippen MR) is 70.0 cm³/mol. The van der Waals surface area contributed by atoms with Crippen LogP contribution in [0.1, 0.15) is 5.56 Å². The first-order chi connectivity index (χ1) is 8.19. The highest BCUT2D eigenvalue weighted by molar-refractivity contribution is 6.30. The van der Waals surface area contributed by atoms with E-state index in [9.17, 15) is 0 Å². The molecule has 3 nitrogen and oxygen atoms in total. The number of pyridine rings is 1. The summed E-state index contributed by atoms with van der Waals surface area (Å²) in [6, 6.07) is 9.20. The third-order valence-electron chi connectivity index (χ3n) is 2.35. The summed E-state index contributed by atoms with van der Waals surface area (Å²) < 4.78 is 5.77. The molecule has 1 aromatic carbocycles. The number of halogens is 1. The third kappa shape index (κ3) is 2.88. The van der Waals surface area contributed by atoms with Crippen LogP contribution in [0.5, 0.6) is 11.5 Å². The molecule has 0 spiro atoms. The van der Waals surface area contributed by atoms with E-state index in [0.29, 0.717) is 5.02 Å². The van der Waals surface area contributed by atoms with Crippen molar-refractivity contribution in [3.8, 4) is 11.5 Å². The molecule has 2 rings (SSSR count). The molecule has 0 atom stereocenters. The van der Waals surface area contributed by atoms with Crippen LogP contribution in [0, 0.1) is 6.92 Å². The van der Waals surface area contributed by atoms with Crippen LogP contribution in [0.4, 0.5) is 5.82 Å². The zero-order chi connectivity index (χ0) is 12.3. The molecule has 88 valence electrons. The van der Waals surface area contributed by atoms with Crippen molar-refractivity contribution in [1.82, 2.24) is 4.98 Å². The quantitative estimate of drug-likeness (QED) is 0.895. The maximum atomic E-state index is 5.89. The highest BCUT2D eigenvalue weighted by Gasteiger charge is 2.03. The molecule has 2 aromatic rings. The Bertz CT molecular complexity index is 529. The van der Waals surface area contributed by atoms with E-state index in [2.05, 4.69) is 10.3 Å². The van der Waals surface area contributed by atoms with E-state index >= 15 is 0 Å². The van der Waals surface area contributed by atoms with Gasteiger partial charge in [0.05, 0.1) is 0 Å². The van der Waals surface area contributed by atoms with Crippen LogP contribution in [-0.4, -0.2) is 12.0 Å². The standard InChI is InChI=1S/C13H13ClN2O/c1-9-7-10(14)3-4-12(9)17-11-5-6-16-13(8-11)15-2/h3-8H,1-2H3,(H,15,16). The Kier molecular flexibility index (Phi) is 3.49. The Morgan fingerprint density at radius 1 is 1.24 bits per heavy atom. The molecule has 0 fully saturated rings. The lowest BCUT2D eigenvalue weighted by Crippen LogP contribution is -1.93. The van der Waals surface area contributed by atoms with Gasteiger partial charge in [-0.15, -0.1) is 0 Å². The Labute approximate surface area is 105 Å². The molecule has 4 heteroatoms. The zero-order valence-electron chi connectivity index (χ0n) is 9.70. The van der Waals surface area contributed by atoms with Gasteiger partial charge in [0.2, 0.25) is 0 Å². The third-order valence-corrected chi connectivity index (χ3v) is 2.59. The summed E-state index contributed by atoms with van der Waals surface area (Å²) >= 11 is 5.89. The first-order valence-electron chi connectivity index (χ1n) is 5.27. The van der Waals surface area contributed by atoms with Gasteiger partial charge in [0.15, 0.2) is 0 Å². The van der Waals surface area contributed by atoms with Crippen LogP contribution < -0.4 is 10.1 Å². The zero-order valence-corrected chi connectivity index (χ0v) is 10.5. The number of aromatic nitrogens is 1. The molecule has 0 aliphatic rings. The van der Waals surface area contributed by atoms with E-state index in [4.69, 9.17) is 16.3 Å². The van der Waals surface area contributed by atoms with Gasteiger partial charge < -0.3 is 10.1 Å². The van der Waals surface area contributed by atoms with Gasteiger partial charge >= 0.3 is 0 Å². The maximum absolute atomic E-state index is 5.89. The molecule has 17 heavy (non-hydrogen) atoms. The highest BCUT2D eigenvalue weighted by Crippen LogP contribution is 2.27. The minimum Gasteiger partial charge on any atom is -0.457 e. The summed E-state index contributed by atoms with van der Waals surface area (Å²) in [6.45, 7) is 1.96. The number of nitrogens with zero attached hydrogens (tertiary/aromatic N) is 1. The molecule has 0 saturated carbocycles. The van der Waals surface area contributed by atoms with Crippen molar-refractivity contribution < 1.29 is 4.74 Å². The minimum atomic E-state index is 0.709. The highest BCUT2D eigenvalue weighted by atomic mass is 35.5. The summed E-state index contributed by atoms with van der Waals surface area (Å²) in [7, 11) is 1.82. The van der Waals surface area contributed by atoms with Crippen molar-refractivity contribution in [1.29, 1.82) is 0 Å². The van der Waals surface area contributed by atoms with Gasteiger partial charge in [0, 0.05) is 24.3 Å². The Hall–Kier alpha value is -1.74. The molecule has 0 aliphatic heterocycles. The lowest BCUT2D eigenvalue weighted by molar-refractivity contribution is 0.478. The number of ether oxygens (including phenoxy) is 1. The molecule has 0 bridgehead atoms. The first kappa shape index (κ1) is 11.7. The van der Waals surface area contributed by atoms with E-state index in [1.54, 1.807) is 6.20 Å². The molecule has 0 aliphatic carbocycles. The number of hydrogen-bond donors (Lipinski definition) is 1. The average Bonchev–Trinajstić information content (AvgIpc) is 2.33. The molecule has 0 unspecified atom stereocenters. The van der Waals surface area contributed by atoms with E-state index in [0.717, 1.165) is 22.9 Å². The van der Waals surface area contributed by atoms with Crippen molar-refractivity contribution >= 4 is 17.4 Å². The van der Waals surface area contributed by atoms with Crippen LogP contribution in [0.25, 0.3) is 0 Å². The Morgan fingerprint density at radius 2 is 2.06 bits per heavy atom. The van der Waals surface area contributed by atoms with Crippen molar-refractivity contribution in [2.24, 2.45) is 0 Å². The summed E-state index contributed by atoms with van der Waals surface area (Å²) in [5.41, 5.74) is 1.00. The number of benzene rings is 1. The second-order valence-corrected chi connectivity index (χ2v) is 4.08. The molecule has 1 heterocycles. The van der Waals surface area contributed by atoms with Crippen LogP contribution in [-0.2, 0) is 0 Å². The number of rotatable bonds is 3. The lowest BCUT2D eigenvalue weighted by atomic mass is 10.2. The average molecular weight is 249 g/mol. The molecule has 1 N–H and O–H groups in total. The lowest BCUT2D eigenvalue weighted by Gasteiger charge is -2.09. The van der Waals surface area contributed by atoms with Crippen molar-refractivity contribution in [2.75, 3.05) is 12.4 Å². The topological polar surface area (TPSA) is 34.1 Å². The van der Waals surface area contributed by atoms with E-state index in [-0.39, 0.29) is 0 Å². The summed E-state index contributed by atoms with van der Waals surface area (Å²) in [6.07, 6.45) is 1.70. The molecular weight excluding hydrogens is 236 g/mol. The van der Waals surface area contributed by atoms with Gasteiger partial charge in [0.1, 0.15) is 17.3 Å². The second-order valence-electron chi connectivity index (χ2n) is 3.64. The Balaban J connectivity index is 2.25. The smallest absolute Gasteiger partial charge is 0.132 e. The predicted octanol–water partition coefficient (Wildman–Crippen LogP) is 3.88. The van der Waals surface area contributed by atoms with E-state index < -0.39 is 0 Å². The van der Waals surface area contributed by atoms with Gasteiger partial charge in [-0.05, 0) is 36.8 Å². The fourth-order valence-electron chi connectivity index (χ4n) is 1.47. The number of nitrogens with one attached hydrogen (secondary N) is 1. The second kappa shape index (κ2) is 5.06. The summed E-state index contributed by atoms with van der Waals surface area (Å²) in [5.74, 6) is 2.31. The van der Waals surface area contributed by atoms with Crippen LogP contribution in [0.15, 0.2) is 36.5 Å². The fourth-order valence-corrected chi connectivity index (χ4v) is 1.69. The SMILES string of the molecule is CNc1cc(Oc2ccc(Cl)cc2C)ccn1. The Morgan fingerprint density at radius 3 is 2.76 bits per heavy atom. The number of anilines is 1. The monoisotopic (exact) mass is 248 g/mol. The van der Waals surface area contributed by atoms with E-state index in [1.807, 2.05) is 44.3 Å². The van der Waals surface area contributed by atoms with Gasteiger partial charge in [-0.25, -0.2) is 4.98 Å². The minimum absolute atomic E-state index is 0.709. The van der Waals surface area contributed by atoms with Gasteiger partial charge in [-0.1, -0.05) is 11.6 Å². The van der Waals surface area contributed by atoms with Crippen molar-refractivity contribution in [3.05, 3.63) is 47.1 Å². The molecular formula is C13H13ClN2O. The normalized spacial score (nSPS) is 10.1. The van der Waals surface area contributed by atoms with Crippen LogP contribution in [0.2, 0.25) is 5.02 Å². The maximum Gasteiger partial charge on any atom is 0.132 e. The summed E-state index contributed by atoms with van der Waals surface area (Å²) in [4.78, 5) is 4.12. The van der Waals surface area contributed by atoms with Crippen molar-refractivity contribution in [3.63, 3.8) is 0 Å². The van der Waals surface area contributed by atoms with Crippen molar-refractivity contribution in [2.45, 2.75) is 6.92 Å². The number of hydrogen-bond acceptors (Lipinski definition) is 3. The fraction of sp³-hybridized carbons (Fsp3) is 0.154. The molecule has 0 amide bonds. The summed E-state index contributed by atoms with van der Waals surface area (Å²) in [5, 5.41) is 3.67. The van der Waals surface area contributed by atoms with Gasteiger partial charge in [-0.3, -0.25) is 0 Å².